The Morgan fingerprint density at radius 3 is 1.38 bits per heavy atom. The van der Waals surface area contributed by atoms with E-state index in [1.807, 2.05) is 0 Å². The molecule has 0 fully saturated rings. The van der Waals surface area contributed by atoms with Crippen molar-refractivity contribution in [3.63, 3.8) is 0 Å². The molecule has 37 heavy (non-hydrogen) atoms. The van der Waals surface area contributed by atoms with Crippen molar-refractivity contribution >= 4 is 99.8 Å². The molecule has 5 aromatic rings. The van der Waals surface area contributed by atoms with Crippen LogP contribution in [0.2, 0.25) is 20.1 Å². The molecule has 7 nitrogen and oxygen atoms in total. The molecule has 0 bridgehead atoms. The SMILES string of the molecule is O=S(=O)(Nc1cccc(Cl)c1Cl)c1ccc2oc3ccc(S(=O)(=O)Nc4cccc(Cl)c4Cl)cc3c2c1. The molecule has 190 valence electrons. The first kappa shape index (κ1) is 26.0. The molecule has 13 heteroatoms. The lowest BCUT2D eigenvalue weighted by Gasteiger charge is -2.11. The molecular formula is C24H14Cl4N2O5S2. The van der Waals surface area contributed by atoms with Gasteiger partial charge in [0.05, 0.1) is 41.3 Å². The van der Waals surface area contributed by atoms with E-state index in [-0.39, 0.29) is 41.3 Å². The van der Waals surface area contributed by atoms with E-state index in [1.54, 1.807) is 12.1 Å². The fraction of sp³-hybridized carbons (Fsp3) is 0. The maximum Gasteiger partial charge on any atom is 0.261 e. The van der Waals surface area contributed by atoms with Crippen LogP contribution in [0.4, 0.5) is 11.4 Å². The van der Waals surface area contributed by atoms with Gasteiger partial charge < -0.3 is 4.42 Å². The summed E-state index contributed by atoms with van der Waals surface area (Å²) >= 11 is 24.2. The van der Waals surface area contributed by atoms with Crippen molar-refractivity contribution in [2.75, 3.05) is 9.44 Å². The minimum atomic E-state index is -4.07. The number of halogens is 4. The molecule has 0 saturated carbocycles. The zero-order valence-corrected chi connectivity index (χ0v) is 23.0. The molecule has 1 aromatic heterocycles. The Morgan fingerprint density at radius 2 is 0.973 bits per heavy atom. The topological polar surface area (TPSA) is 105 Å². The number of hydrogen-bond donors (Lipinski definition) is 2. The number of anilines is 2. The van der Waals surface area contributed by atoms with Crippen molar-refractivity contribution in [3.05, 3.63) is 92.9 Å². The van der Waals surface area contributed by atoms with Gasteiger partial charge in [-0.15, -0.1) is 0 Å². The van der Waals surface area contributed by atoms with Crippen molar-refractivity contribution in [2.24, 2.45) is 0 Å². The Hall–Kier alpha value is -2.66. The van der Waals surface area contributed by atoms with Gasteiger partial charge in [-0.05, 0) is 60.7 Å². The van der Waals surface area contributed by atoms with Crippen LogP contribution in [0.5, 0.6) is 0 Å². The molecule has 1 heterocycles. The second-order valence-electron chi connectivity index (χ2n) is 7.83. The number of fused-ring (bicyclic) bond motifs is 3. The van der Waals surface area contributed by atoms with Crippen LogP contribution in [0.3, 0.4) is 0 Å². The summed E-state index contributed by atoms with van der Waals surface area (Å²) < 4.78 is 63.0. The third-order valence-corrected chi connectivity index (χ3v) is 9.79. The number of rotatable bonds is 6. The first-order valence-corrected chi connectivity index (χ1v) is 14.8. The standard InChI is InChI=1S/C24H14Cl4N2O5S2/c25-17-3-1-5-19(23(17)27)29-36(31,32)13-7-9-21-15(11-13)16-12-14(8-10-22(16)35-21)37(33,34)30-20-6-2-4-18(26)24(20)28/h1-12,29-30H. The van der Waals surface area contributed by atoms with E-state index in [0.717, 1.165) is 0 Å². The lowest BCUT2D eigenvalue weighted by atomic mass is 10.1. The average molecular weight is 616 g/mol. The average Bonchev–Trinajstić information content (AvgIpc) is 3.22. The van der Waals surface area contributed by atoms with Gasteiger partial charge in [0.15, 0.2) is 0 Å². The van der Waals surface area contributed by atoms with E-state index in [4.69, 9.17) is 50.8 Å². The van der Waals surface area contributed by atoms with Crippen molar-refractivity contribution in [2.45, 2.75) is 9.79 Å². The minimum Gasteiger partial charge on any atom is -0.456 e. The van der Waals surface area contributed by atoms with Crippen LogP contribution in [0.1, 0.15) is 0 Å². The van der Waals surface area contributed by atoms with Crippen molar-refractivity contribution in [3.8, 4) is 0 Å². The van der Waals surface area contributed by atoms with Crippen LogP contribution in [-0.2, 0) is 20.0 Å². The van der Waals surface area contributed by atoms with Gasteiger partial charge in [0, 0.05) is 10.8 Å². The number of sulfonamides is 2. The van der Waals surface area contributed by atoms with E-state index in [1.165, 1.54) is 60.7 Å². The summed E-state index contributed by atoms with van der Waals surface area (Å²) in [6.07, 6.45) is 0. The Balaban J connectivity index is 1.56. The summed E-state index contributed by atoms with van der Waals surface area (Å²) in [4.78, 5) is -0.174. The number of benzene rings is 4. The molecule has 0 unspecified atom stereocenters. The third kappa shape index (κ3) is 4.95. The molecule has 0 aliphatic heterocycles. The maximum atomic E-state index is 13.1. The van der Waals surface area contributed by atoms with Crippen LogP contribution in [0.15, 0.2) is 87.0 Å². The summed E-state index contributed by atoms with van der Waals surface area (Å²) in [7, 11) is -8.14. The summed E-state index contributed by atoms with van der Waals surface area (Å²) in [6, 6.07) is 17.6. The maximum absolute atomic E-state index is 13.1. The van der Waals surface area contributed by atoms with Crippen LogP contribution in [0.25, 0.3) is 21.9 Å². The van der Waals surface area contributed by atoms with Gasteiger partial charge in [0.2, 0.25) is 0 Å². The van der Waals surface area contributed by atoms with Crippen LogP contribution >= 0.6 is 46.4 Å². The van der Waals surface area contributed by atoms with Gasteiger partial charge in [-0.1, -0.05) is 58.5 Å². The van der Waals surface area contributed by atoms with Crippen LogP contribution in [0, 0.1) is 0 Å². The van der Waals surface area contributed by atoms with Crippen molar-refractivity contribution < 1.29 is 21.3 Å². The van der Waals surface area contributed by atoms with Gasteiger partial charge in [-0.3, -0.25) is 9.44 Å². The molecule has 0 amide bonds. The van der Waals surface area contributed by atoms with Gasteiger partial charge in [-0.25, -0.2) is 16.8 Å². The predicted octanol–water partition coefficient (Wildman–Crippen LogP) is 7.80. The fourth-order valence-corrected chi connectivity index (χ4v) is 6.65. The van der Waals surface area contributed by atoms with Gasteiger partial charge >= 0.3 is 0 Å². The molecular weight excluding hydrogens is 602 g/mol. The first-order valence-electron chi connectivity index (χ1n) is 10.4. The monoisotopic (exact) mass is 614 g/mol. The molecule has 0 aliphatic rings. The molecule has 2 N–H and O–H groups in total. The molecule has 0 atom stereocenters. The molecule has 0 saturated heterocycles. The van der Waals surface area contributed by atoms with E-state index < -0.39 is 20.0 Å². The molecule has 0 spiro atoms. The molecule has 0 radical (unpaired) electrons. The Bertz CT molecular complexity index is 1790. The summed E-state index contributed by atoms with van der Waals surface area (Å²) in [6.45, 7) is 0. The highest BCUT2D eigenvalue weighted by molar-refractivity contribution is 7.93. The number of hydrogen-bond acceptors (Lipinski definition) is 5. The molecule has 0 aliphatic carbocycles. The number of nitrogens with one attached hydrogen (secondary N) is 2. The normalized spacial score (nSPS) is 12.2. The van der Waals surface area contributed by atoms with Gasteiger partial charge in [0.25, 0.3) is 20.0 Å². The van der Waals surface area contributed by atoms with Crippen LogP contribution in [-0.4, -0.2) is 16.8 Å². The largest absolute Gasteiger partial charge is 0.456 e. The summed E-state index contributed by atoms with van der Waals surface area (Å²) in [5, 5.41) is 1.30. The highest BCUT2D eigenvalue weighted by atomic mass is 35.5. The summed E-state index contributed by atoms with van der Waals surface area (Å²) in [5.74, 6) is 0. The zero-order valence-electron chi connectivity index (χ0n) is 18.3. The van der Waals surface area contributed by atoms with Gasteiger partial charge in [-0.2, -0.15) is 0 Å². The van der Waals surface area contributed by atoms with E-state index in [9.17, 15) is 16.8 Å². The third-order valence-electron chi connectivity index (χ3n) is 5.42. The quantitative estimate of drug-likeness (QED) is 0.203. The van der Waals surface area contributed by atoms with E-state index in [2.05, 4.69) is 9.44 Å². The van der Waals surface area contributed by atoms with E-state index in [0.29, 0.717) is 21.9 Å². The van der Waals surface area contributed by atoms with Gasteiger partial charge in [0.1, 0.15) is 11.2 Å². The summed E-state index contributed by atoms with van der Waals surface area (Å²) in [5.41, 5.74) is 0.973. The molecule has 5 rings (SSSR count). The lowest BCUT2D eigenvalue weighted by molar-refractivity contribution is 0.599. The number of furan rings is 1. The second-order valence-corrected chi connectivity index (χ2v) is 12.8. The predicted molar refractivity (Wildman–Crippen MR) is 148 cm³/mol. The Morgan fingerprint density at radius 1 is 0.568 bits per heavy atom. The lowest BCUT2D eigenvalue weighted by Crippen LogP contribution is -2.13. The smallest absolute Gasteiger partial charge is 0.261 e. The van der Waals surface area contributed by atoms with Crippen LogP contribution < -0.4 is 9.44 Å². The Kier molecular flexibility index (Phi) is 6.72. The minimum absolute atomic E-state index is 0.0599. The zero-order chi connectivity index (χ0) is 26.5. The van der Waals surface area contributed by atoms with E-state index >= 15 is 0 Å². The highest BCUT2D eigenvalue weighted by Gasteiger charge is 2.21. The first-order chi connectivity index (χ1) is 17.5. The molecule has 4 aromatic carbocycles. The highest BCUT2D eigenvalue weighted by Crippen LogP contribution is 2.36. The Labute approximate surface area is 232 Å². The fourth-order valence-electron chi connectivity index (χ4n) is 3.64. The van der Waals surface area contributed by atoms with Crippen molar-refractivity contribution in [1.29, 1.82) is 0 Å². The second kappa shape index (κ2) is 9.58. The van der Waals surface area contributed by atoms with Crippen molar-refractivity contribution in [1.82, 2.24) is 0 Å².